The Kier molecular flexibility index (Phi) is 6.72. The first kappa shape index (κ1) is 23.5. The number of hydrogen-bond acceptors (Lipinski definition) is 3. The lowest BCUT2D eigenvalue weighted by Gasteiger charge is -2.13. The van der Waals surface area contributed by atoms with Gasteiger partial charge in [-0.1, -0.05) is 54.6 Å². The van der Waals surface area contributed by atoms with E-state index in [2.05, 4.69) is 10.4 Å². The van der Waals surface area contributed by atoms with Crippen molar-refractivity contribution in [2.24, 2.45) is 5.73 Å². The van der Waals surface area contributed by atoms with Gasteiger partial charge in [-0.3, -0.25) is 4.79 Å². The van der Waals surface area contributed by atoms with Gasteiger partial charge in [0.1, 0.15) is 5.69 Å². The number of carbonyl (C=O) groups excluding carboxylic acids is 1. The number of anilines is 1. The topological polar surface area (TPSA) is 72.9 Å². The molecule has 174 valence electrons. The second-order valence-corrected chi connectivity index (χ2v) is 7.99. The van der Waals surface area contributed by atoms with E-state index in [1.165, 1.54) is 0 Å². The van der Waals surface area contributed by atoms with Crippen molar-refractivity contribution in [1.29, 1.82) is 0 Å². The fraction of sp³-hybridized carbons (Fsp3) is 0.120. The lowest BCUT2D eigenvalue weighted by Crippen LogP contribution is -2.17. The van der Waals surface area contributed by atoms with Crippen LogP contribution in [-0.2, 0) is 12.7 Å². The molecule has 0 saturated carbocycles. The van der Waals surface area contributed by atoms with Gasteiger partial charge in [0.05, 0.1) is 11.1 Å². The van der Waals surface area contributed by atoms with Crippen molar-refractivity contribution in [3.63, 3.8) is 0 Å². The Labute approximate surface area is 199 Å². The number of halogens is 4. The molecule has 1 aromatic heterocycles. The predicted octanol–water partition coefficient (Wildman–Crippen LogP) is 5.93. The van der Waals surface area contributed by atoms with Crippen LogP contribution in [0.3, 0.4) is 0 Å². The average molecular weight is 485 g/mol. The number of nitrogens with two attached hydrogens (primary N) is 1. The molecule has 0 fully saturated rings. The summed E-state index contributed by atoms with van der Waals surface area (Å²) < 4.78 is 41.1. The van der Waals surface area contributed by atoms with Crippen molar-refractivity contribution < 1.29 is 18.0 Å². The SMILES string of the molecule is NCc1cccc(-n2nc(C(F)(F)F)cc2C(=O)Nc2cccc(C(Cl)c3ccccc3)c2)c1. The molecule has 34 heavy (non-hydrogen) atoms. The van der Waals surface area contributed by atoms with Crippen LogP contribution in [0.25, 0.3) is 5.69 Å². The maximum atomic E-state index is 13.4. The minimum Gasteiger partial charge on any atom is -0.326 e. The van der Waals surface area contributed by atoms with E-state index in [1.54, 1.807) is 42.5 Å². The van der Waals surface area contributed by atoms with Gasteiger partial charge in [-0.05, 0) is 41.0 Å². The third kappa shape index (κ3) is 5.13. The summed E-state index contributed by atoms with van der Waals surface area (Å²) in [5, 5.41) is 5.84. The zero-order valence-electron chi connectivity index (χ0n) is 17.8. The summed E-state index contributed by atoms with van der Waals surface area (Å²) >= 11 is 6.58. The maximum Gasteiger partial charge on any atom is 0.435 e. The Bertz CT molecular complexity index is 1310. The number of nitrogens with one attached hydrogen (secondary N) is 1. The van der Waals surface area contributed by atoms with Gasteiger partial charge in [0, 0.05) is 18.3 Å². The number of rotatable bonds is 6. The normalized spacial score (nSPS) is 12.4. The molecular formula is C25H20ClF3N4O. The Morgan fingerprint density at radius 3 is 2.38 bits per heavy atom. The van der Waals surface area contributed by atoms with Crippen LogP contribution in [-0.4, -0.2) is 15.7 Å². The Balaban J connectivity index is 1.66. The molecule has 0 aliphatic heterocycles. The average Bonchev–Trinajstić information content (AvgIpc) is 3.31. The number of nitrogens with zero attached hydrogens (tertiary/aromatic N) is 2. The number of amides is 1. The molecule has 1 atom stereocenters. The lowest BCUT2D eigenvalue weighted by atomic mass is 10.0. The number of aromatic nitrogens is 2. The summed E-state index contributed by atoms with van der Waals surface area (Å²) in [5.41, 5.74) is 7.19. The summed E-state index contributed by atoms with van der Waals surface area (Å²) in [7, 11) is 0. The van der Waals surface area contributed by atoms with E-state index in [1.807, 2.05) is 36.4 Å². The molecule has 1 unspecified atom stereocenters. The lowest BCUT2D eigenvalue weighted by molar-refractivity contribution is -0.141. The van der Waals surface area contributed by atoms with Crippen molar-refractivity contribution in [3.05, 3.63) is 113 Å². The maximum absolute atomic E-state index is 13.4. The molecule has 0 aliphatic rings. The molecule has 3 N–H and O–H groups in total. The second-order valence-electron chi connectivity index (χ2n) is 7.55. The third-order valence-electron chi connectivity index (χ3n) is 5.15. The van der Waals surface area contributed by atoms with Crippen molar-refractivity contribution in [2.45, 2.75) is 18.1 Å². The fourth-order valence-corrected chi connectivity index (χ4v) is 3.76. The summed E-state index contributed by atoms with van der Waals surface area (Å²) in [6.07, 6.45) is -4.72. The number of alkyl halides is 4. The van der Waals surface area contributed by atoms with Crippen LogP contribution in [0, 0.1) is 0 Å². The van der Waals surface area contributed by atoms with E-state index in [0.717, 1.165) is 21.9 Å². The van der Waals surface area contributed by atoms with E-state index in [4.69, 9.17) is 17.3 Å². The second kappa shape index (κ2) is 9.70. The summed E-state index contributed by atoms with van der Waals surface area (Å²) in [4.78, 5) is 13.1. The van der Waals surface area contributed by atoms with E-state index in [0.29, 0.717) is 16.9 Å². The molecule has 0 spiro atoms. The third-order valence-corrected chi connectivity index (χ3v) is 5.66. The Morgan fingerprint density at radius 2 is 1.68 bits per heavy atom. The van der Waals surface area contributed by atoms with Gasteiger partial charge in [-0.15, -0.1) is 11.6 Å². The van der Waals surface area contributed by atoms with Crippen molar-refractivity contribution in [2.75, 3.05) is 5.32 Å². The molecule has 1 heterocycles. The van der Waals surface area contributed by atoms with Crippen LogP contribution in [0.2, 0.25) is 0 Å². The number of benzene rings is 3. The van der Waals surface area contributed by atoms with Crippen LogP contribution in [0.5, 0.6) is 0 Å². The van der Waals surface area contributed by atoms with Crippen molar-refractivity contribution in [1.82, 2.24) is 9.78 Å². The van der Waals surface area contributed by atoms with Crippen molar-refractivity contribution in [3.8, 4) is 5.69 Å². The first-order valence-electron chi connectivity index (χ1n) is 10.3. The molecule has 0 radical (unpaired) electrons. The van der Waals surface area contributed by atoms with Crippen LogP contribution >= 0.6 is 11.6 Å². The molecule has 0 aliphatic carbocycles. The standard InChI is InChI=1S/C25H20ClF3N4O/c26-23(17-7-2-1-3-8-17)18-9-5-10-19(13-18)31-24(34)21-14-22(25(27,28)29)32-33(21)20-11-4-6-16(12-20)15-30/h1-14,23H,15,30H2,(H,31,34). The number of hydrogen-bond donors (Lipinski definition) is 2. The predicted molar refractivity (Wildman–Crippen MR) is 125 cm³/mol. The molecule has 9 heteroatoms. The highest BCUT2D eigenvalue weighted by Gasteiger charge is 2.36. The molecule has 3 aromatic carbocycles. The van der Waals surface area contributed by atoms with Gasteiger partial charge in [0.2, 0.25) is 0 Å². The first-order chi connectivity index (χ1) is 16.3. The van der Waals surface area contributed by atoms with E-state index >= 15 is 0 Å². The smallest absolute Gasteiger partial charge is 0.326 e. The van der Waals surface area contributed by atoms with Crippen LogP contribution in [0.1, 0.15) is 38.2 Å². The van der Waals surface area contributed by atoms with E-state index in [9.17, 15) is 18.0 Å². The Morgan fingerprint density at radius 1 is 0.971 bits per heavy atom. The molecule has 1 amide bonds. The molecular weight excluding hydrogens is 465 g/mol. The van der Waals surface area contributed by atoms with Gasteiger partial charge < -0.3 is 11.1 Å². The highest BCUT2D eigenvalue weighted by atomic mass is 35.5. The monoisotopic (exact) mass is 484 g/mol. The fourth-order valence-electron chi connectivity index (χ4n) is 3.48. The summed E-state index contributed by atoms with van der Waals surface area (Å²) in [6.45, 7) is 0.191. The Hall–Kier alpha value is -3.62. The molecule has 0 saturated heterocycles. The highest BCUT2D eigenvalue weighted by molar-refractivity contribution is 6.22. The first-order valence-corrected chi connectivity index (χ1v) is 10.8. The minimum absolute atomic E-state index is 0.191. The summed E-state index contributed by atoms with van der Waals surface area (Å²) in [5.74, 6) is -0.746. The van der Waals surface area contributed by atoms with Gasteiger partial charge in [-0.25, -0.2) is 4.68 Å². The quantitative estimate of drug-likeness (QED) is 0.333. The number of carbonyl (C=O) groups is 1. The zero-order chi connectivity index (χ0) is 24.3. The summed E-state index contributed by atoms with van der Waals surface area (Å²) in [6, 6.07) is 23.5. The highest BCUT2D eigenvalue weighted by Crippen LogP contribution is 2.32. The molecule has 0 bridgehead atoms. The van der Waals surface area contributed by atoms with Crippen molar-refractivity contribution >= 4 is 23.2 Å². The van der Waals surface area contributed by atoms with Crippen LogP contribution in [0.4, 0.5) is 18.9 Å². The van der Waals surface area contributed by atoms with Crippen LogP contribution in [0.15, 0.2) is 84.9 Å². The molecule has 4 rings (SSSR count). The van der Waals surface area contributed by atoms with Gasteiger partial charge in [0.25, 0.3) is 5.91 Å². The van der Waals surface area contributed by atoms with Gasteiger partial charge >= 0.3 is 6.18 Å². The van der Waals surface area contributed by atoms with Crippen LogP contribution < -0.4 is 11.1 Å². The van der Waals surface area contributed by atoms with Gasteiger partial charge in [0.15, 0.2) is 5.69 Å². The van der Waals surface area contributed by atoms with Gasteiger partial charge in [-0.2, -0.15) is 18.3 Å². The largest absolute Gasteiger partial charge is 0.435 e. The molecule has 4 aromatic rings. The molecule has 5 nitrogen and oxygen atoms in total. The minimum atomic E-state index is -4.72. The van der Waals surface area contributed by atoms with E-state index in [-0.39, 0.29) is 12.2 Å². The zero-order valence-corrected chi connectivity index (χ0v) is 18.5. The van der Waals surface area contributed by atoms with E-state index < -0.39 is 23.2 Å².